The maximum Gasteiger partial charge on any atom is 0.123 e. The standard InChI is InChI=1S/C15H21FO/c1-12-9-14(16)6-5-13(12)10-15(11-17)7-3-2-4-8-15/h5-6,9,17H,2-4,7-8,10-11H2,1H3. The molecule has 2 heteroatoms. The monoisotopic (exact) mass is 236 g/mol. The third-order valence-electron chi connectivity index (χ3n) is 4.12. The number of hydrogen-bond acceptors (Lipinski definition) is 1. The number of benzene rings is 1. The number of aliphatic hydroxyl groups is 1. The largest absolute Gasteiger partial charge is 0.396 e. The van der Waals surface area contributed by atoms with Crippen LogP contribution in [0.5, 0.6) is 0 Å². The van der Waals surface area contributed by atoms with Gasteiger partial charge in [0.2, 0.25) is 0 Å². The lowest BCUT2D eigenvalue weighted by atomic mass is 9.70. The maximum absolute atomic E-state index is 13.1. The van der Waals surface area contributed by atoms with Crippen LogP contribution in [0, 0.1) is 18.2 Å². The van der Waals surface area contributed by atoms with Crippen molar-refractivity contribution in [3.63, 3.8) is 0 Å². The highest BCUT2D eigenvalue weighted by atomic mass is 19.1. The third-order valence-corrected chi connectivity index (χ3v) is 4.12. The van der Waals surface area contributed by atoms with Crippen LogP contribution in [0.4, 0.5) is 4.39 Å². The molecule has 1 fully saturated rings. The lowest BCUT2D eigenvalue weighted by molar-refractivity contribution is 0.0822. The van der Waals surface area contributed by atoms with Gasteiger partial charge in [0, 0.05) is 6.61 Å². The van der Waals surface area contributed by atoms with Crippen LogP contribution in [0.2, 0.25) is 0 Å². The van der Waals surface area contributed by atoms with Gasteiger partial charge in [-0.1, -0.05) is 25.3 Å². The Labute approximate surface area is 103 Å². The molecule has 0 unspecified atom stereocenters. The van der Waals surface area contributed by atoms with Crippen molar-refractivity contribution in [1.82, 2.24) is 0 Å². The highest BCUT2D eigenvalue weighted by Gasteiger charge is 2.31. The fourth-order valence-corrected chi connectivity index (χ4v) is 2.95. The molecule has 0 atom stereocenters. The van der Waals surface area contributed by atoms with E-state index in [0.29, 0.717) is 0 Å². The number of rotatable bonds is 3. The predicted molar refractivity (Wildman–Crippen MR) is 67.4 cm³/mol. The van der Waals surface area contributed by atoms with Gasteiger partial charge in [-0.15, -0.1) is 0 Å². The van der Waals surface area contributed by atoms with E-state index in [-0.39, 0.29) is 17.8 Å². The van der Waals surface area contributed by atoms with Gasteiger partial charge in [-0.2, -0.15) is 0 Å². The molecule has 1 N–H and O–H groups in total. The molecule has 0 radical (unpaired) electrons. The van der Waals surface area contributed by atoms with Crippen molar-refractivity contribution in [3.05, 3.63) is 35.1 Å². The Kier molecular flexibility index (Phi) is 3.82. The van der Waals surface area contributed by atoms with Crippen molar-refractivity contribution in [2.24, 2.45) is 5.41 Å². The molecule has 0 saturated heterocycles. The molecular weight excluding hydrogens is 215 g/mol. The van der Waals surface area contributed by atoms with E-state index in [2.05, 4.69) is 0 Å². The molecule has 0 heterocycles. The SMILES string of the molecule is Cc1cc(F)ccc1CC1(CO)CCCCC1. The molecule has 0 bridgehead atoms. The molecule has 0 aromatic heterocycles. The van der Waals surface area contributed by atoms with Crippen molar-refractivity contribution in [1.29, 1.82) is 0 Å². The van der Waals surface area contributed by atoms with Gasteiger partial charge < -0.3 is 5.11 Å². The number of aliphatic hydroxyl groups excluding tert-OH is 1. The van der Waals surface area contributed by atoms with Gasteiger partial charge in [-0.05, 0) is 54.9 Å². The van der Waals surface area contributed by atoms with Crippen molar-refractivity contribution in [2.45, 2.75) is 45.4 Å². The Morgan fingerprint density at radius 2 is 1.94 bits per heavy atom. The average molecular weight is 236 g/mol. The lowest BCUT2D eigenvalue weighted by Crippen LogP contribution is -2.31. The first kappa shape index (κ1) is 12.6. The number of hydrogen-bond donors (Lipinski definition) is 1. The van der Waals surface area contributed by atoms with Crippen molar-refractivity contribution in [2.75, 3.05) is 6.61 Å². The van der Waals surface area contributed by atoms with Gasteiger partial charge in [0.1, 0.15) is 5.82 Å². The van der Waals surface area contributed by atoms with Crippen LogP contribution in [-0.2, 0) is 6.42 Å². The lowest BCUT2D eigenvalue weighted by Gasteiger charge is -2.36. The van der Waals surface area contributed by atoms with Crippen LogP contribution in [0.25, 0.3) is 0 Å². The predicted octanol–water partition coefficient (Wildman–Crippen LogP) is 3.62. The fraction of sp³-hybridized carbons (Fsp3) is 0.600. The zero-order valence-electron chi connectivity index (χ0n) is 10.5. The summed E-state index contributed by atoms with van der Waals surface area (Å²) in [5, 5.41) is 9.67. The molecule has 1 aliphatic carbocycles. The summed E-state index contributed by atoms with van der Waals surface area (Å²) in [5.74, 6) is -0.173. The second-order valence-corrected chi connectivity index (χ2v) is 5.47. The number of aryl methyl sites for hydroxylation is 1. The summed E-state index contributed by atoms with van der Waals surface area (Å²) >= 11 is 0. The molecule has 1 nitrogen and oxygen atoms in total. The first-order valence-electron chi connectivity index (χ1n) is 6.51. The minimum Gasteiger partial charge on any atom is -0.396 e. The first-order valence-corrected chi connectivity index (χ1v) is 6.51. The van der Waals surface area contributed by atoms with Gasteiger partial charge in [-0.3, -0.25) is 0 Å². The minimum atomic E-state index is -0.173. The zero-order valence-corrected chi connectivity index (χ0v) is 10.5. The van der Waals surface area contributed by atoms with E-state index >= 15 is 0 Å². The molecule has 2 rings (SSSR count). The van der Waals surface area contributed by atoms with E-state index in [1.165, 1.54) is 30.9 Å². The van der Waals surface area contributed by atoms with Crippen LogP contribution in [0.1, 0.15) is 43.2 Å². The second kappa shape index (κ2) is 5.18. The molecule has 0 spiro atoms. The molecule has 17 heavy (non-hydrogen) atoms. The van der Waals surface area contributed by atoms with Gasteiger partial charge >= 0.3 is 0 Å². The summed E-state index contributed by atoms with van der Waals surface area (Å²) in [7, 11) is 0. The summed E-state index contributed by atoms with van der Waals surface area (Å²) in [6.45, 7) is 2.20. The highest BCUT2D eigenvalue weighted by molar-refractivity contribution is 5.27. The van der Waals surface area contributed by atoms with E-state index in [0.717, 1.165) is 24.8 Å². The maximum atomic E-state index is 13.1. The van der Waals surface area contributed by atoms with Crippen LogP contribution >= 0.6 is 0 Å². The topological polar surface area (TPSA) is 20.2 Å². The van der Waals surface area contributed by atoms with E-state index < -0.39 is 0 Å². The molecule has 0 amide bonds. The summed E-state index contributed by atoms with van der Waals surface area (Å²) in [6, 6.07) is 4.98. The van der Waals surface area contributed by atoms with E-state index in [9.17, 15) is 9.50 Å². The Balaban J connectivity index is 2.17. The second-order valence-electron chi connectivity index (χ2n) is 5.47. The quantitative estimate of drug-likeness (QED) is 0.849. The molecule has 1 aromatic rings. The van der Waals surface area contributed by atoms with Gasteiger partial charge in [-0.25, -0.2) is 4.39 Å². The van der Waals surface area contributed by atoms with E-state index in [1.54, 1.807) is 6.07 Å². The van der Waals surface area contributed by atoms with Crippen LogP contribution in [-0.4, -0.2) is 11.7 Å². The molecule has 1 aromatic carbocycles. The van der Waals surface area contributed by atoms with Crippen LogP contribution in [0.3, 0.4) is 0 Å². The molecule has 0 aliphatic heterocycles. The summed E-state index contributed by atoms with van der Waals surface area (Å²) < 4.78 is 13.1. The van der Waals surface area contributed by atoms with Crippen molar-refractivity contribution >= 4 is 0 Å². The Bertz CT molecular complexity index is 381. The molecule has 1 aliphatic rings. The average Bonchev–Trinajstić information content (AvgIpc) is 2.34. The highest BCUT2D eigenvalue weighted by Crippen LogP contribution is 2.39. The Morgan fingerprint density at radius 3 is 2.53 bits per heavy atom. The van der Waals surface area contributed by atoms with Crippen molar-refractivity contribution in [3.8, 4) is 0 Å². The zero-order chi connectivity index (χ0) is 12.3. The summed E-state index contributed by atoms with van der Waals surface area (Å²) in [4.78, 5) is 0. The Hall–Kier alpha value is -0.890. The fourth-order valence-electron chi connectivity index (χ4n) is 2.95. The summed E-state index contributed by atoms with van der Waals surface area (Å²) in [6.07, 6.45) is 6.78. The third kappa shape index (κ3) is 2.86. The Morgan fingerprint density at radius 1 is 1.24 bits per heavy atom. The summed E-state index contributed by atoms with van der Waals surface area (Å²) in [5.41, 5.74) is 2.23. The minimum absolute atomic E-state index is 0.0425. The molecule has 94 valence electrons. The normalized spacial score (nSPS) is 19.2. The number of halogens is 1. The van der Waals surface area contributed by atoms with Gasteiger partial charge in [0.15, 0.2) is 0 Å². The molecule has 1 saturated carbocycles. The smallest absolute Gasteiger partial charge is 0.123 e. The first-order chi connectivity index (χ1) is 8.15. The van der Waals surface area contributed by atoms with Gasteiger partial charge in [0.25, 0.3) is 0 Å². The van der Waals surface area contributed by atoms with Crippen molar-refractivity contribution < 1.29 is 9.50 Å². The van der Waals surface area contributed by atoms with E-state index in [4.69, 9.17) is 0 Å². The van der Waals surface area contributed by atoms with Crippen LogP contribution in [0.15, 0.2) is 18.2 Å². The molecular formula is C15H21FO. The van der Waals surface area contributed by atoms with Gasteiger partial charge in [0.05, 0.1) is 0 Å². The van der Waals surface area contributed by atoms with Crippen LogP contribution < -0.4 is 0 Å². The van der Waals surface area contributed by atoms with E-state index in [1.807, 2.05) is 13.0 Å².